The van der Waals surface area contributed by atoms with Gasteiger partial charge in [0.05, 0.1) is 6.26 Å². The average molecular weight is 388 g/mol. The standard InChI is InChI=1S/C19H21FN4O2S/c1-27(25,26)23-15-6-8-24(9-7-15)19-5-2-13(11-22-19)17-12-21-18-4-3-14(20)10-16(17)18/h2-5,10-12,15,21,23H,6-9H2,1H3. The van der Waals surface area contributed by atoms with E-state index < -0.39 is 10.0 Å². The number of H-pyrrole nitrogens is 1. The van der Waals surface area contributed by atoms with Crippen LogP contribution in [0.5, 0.6) is 0 Å². The van der Waals surface area contributed by atoms with Crippen LogP contribution in [0.1, 0.15) is 12.8 Å². The normalized spacial score (nSPS) is 16.1. The lowest BCUT2D eigenvalue weighted by molar-refractivity contribution is 0.460. The second kappa shape index (κ2) is 6.94. The Bertz CT molecular complexity index is 1060. The maximum Gasteiger partial charge on any atom is 0.208 e. The summed E-state index contributed by atoms with van der Waals surface area (Å²) in [5, 5.41) is 0.831. The molecular weight excluding hydrogens is 367 g/mol. The van der Waals surface area contributed by atoms with Crippen molar-refractivity contribution in [3.8, 4) is 11.1 Å². The van der Waals surface area contributed by atoms with E-state index in [2.05, 4.69) is 19.6 Å². The van der Waals surface area contributed by atoms with Crippen molar-refractivity contribution in [1.29, 1.82) is 0 Å². The van der Waals surface area contributed by atoms with E-state index in [0.717, 1.165) is 53.8 Å². The molecule has 1 fully saturated rings. The highest BCUT2D eigenvalue weighted by molar-refractivity contribution is 7.88. The number of piperidine rings is 1. The Balaban J connectivity index is 1.49. The molecule has 0 radical (unpaired) electrons. The highest BCUT2D eigenvalue weighted by Crippen LogP contribution is 2.30. The zero-order chi connectivity index (χ0) is 19.0. The number of sulfonamides is 1. The van der Waals surface area contributed by atoms with Crippen LogP contribution in [-0.4, -0.2) is 43.8 Å². The van der Waals surface area contributed by atoms with E-state index in [1.165, 1.54) is 18.4 Å². The average Bonchev–Trinajstić information content (AvgIpc) is 3.04. The predicted molar refractivity (Wildman–Crippen MR) is 105 cm³/mol. The van der Waals surface area contributed by atoms with E-state index >= 15 is 0 Å². The molecule has 3 heterocycles. The van der Waals surface area contributed by atoms with E-state index in [1.807, 2.05) is 18.3 Å². The van der Waals surface area contributed by atoms with E-state index in [4.69, 9.17) is 0 Å². The number of pyridine rings is 1. The minimum atomic E-state index is -3.17. The topological polar surface area (TPSA) is 78.1 Å². The summed E-state index contributed by atoms with van der Waals surface area (Å²) in [6.45, 7) is 1.50. The molecule has 1 aromatic carbocycles. The number of anilines is 1. The zero-order valence-corrected chi connectivity index (χ0v) is 15.8. The van der Waals surface area contributed by atoms with Crippen molar-refractivity contribution in [2.24, 2.45) is 0 Å². The number of nitrogens with one attached hydrogen (secondary N) is 2. The number of benzene rings is 1. The molecule has 0 bridgehead atoms. The Hall–Kier alpha value is -2.45. The fourth-order valence-electron chi connectivity index (χ4n) is 3.59. The second-order valence-electron chi connectivity index (χ2n) is 6.95. The molecule has 142 valence electrons. The van der Waals surface area contributed by atoms with Crippen molar-refractivity contribution in [3.63, 3.8) is 0 Å². The number of halogens is 1. The molecule has 1 saturated heterocycles. The van der Waals surface area contributed by atoms with Gasteiger partial charge in [0.15, 0.2) is 0 Å². The summed E-state index contributed by atoms with van der Waals surface area (Å²) in [6, 6.07) is 8.61. The molecule has 3 aromatic rings. The molecule has 4 rings (SSSR count). The number of hydrogen-bond donors (Lipinski definition) is 2. The van der Waals surface area contributed by atoms with Crippen LogP contribution in [-0.2, 0) is 10.0 Å². The van der Waals surface area contributed by atoms with Crippen molar-refractivity contribution in [1.82, 2.24) is 14.7 Å². The Morgan fingerprint density at radius 3 is 2.67 bits per heavy atom. The molecule has 8 heteroatoms. The number of fused-ring (bicyclic) bond motifs is 1. The Kier molecular flexibility index (Phi) is 4.61. The first-order valence-electron chi connectivity index (χ1n) is 8.84. The summed E-state index contributed by atoms with van der Waals surface area (Å²) in [4.78, 5) is 9.87. The maximum atomic E-state index is 13.6. The van der Waals surface area contributed by atoms with Crippen molar-refractivity contribution >= 4 is 26.7 Å². The molecule has 2 aromatic heterocycles. The first-order chi connectivity index (χ1) is 12.9. The lowest BCUT2D eigenvalue weighted by Gasteiger charge is -2.32. The summed E-state index contributed by atoms with van der Waals surface area (Å²) < 4.78 is 38.9. The summed E-state index contributed by atoms with van der Waals surface area (Å²) >= 11 is 0. The Labute approximate surface area is 157 Å². The van der Waals surface area contributed by atoms with Gasteiger partial charge in [-0.05, 0) is 43.2 Å². The third kappa shape index (κ3) is 3.96. The Morgan fingerprint density at radius 1 is 1.22 bits per heavy atom. The predicted octanol–water partition coefficient (Wildman–Crippen LogP) is 2.89. The van der Waals surface area contributed by atoms with Crippen molar-refractivity contribution in [2.45, 2.75) is 18.9 Å². The minimum absolute atomic E-state index is 0.0170. The van der Waals surface area contributed by atoms with Crippen molar-refractivity contribution in [3.05, 3.63) is 48.5 Å². The first kappa shape index (κ1) is 17.9. The second-order valence-corrected chi connectivity index (χ2v) is 8.73. The molecule has 1 aliphatic rings. The molecule has 0 amide bonds. The molecule has 0 spiro atoms. The molecular formula is C19H21FN4O2S. The maximum absolute atomic E-state index is 13.6. The summed E-state index contributed by atoms with van der Waals surface area (Å²) in [5.41, 5.74) is 2.72. The summed E-state index contributed by atoms with van der Waals surface area (Å²) in [5.74, 6) is 0.598. The number of hydrogen-bond acceptors (Lipinski definition) is 4. The van der Waals surface area contributed by atoms with Crippen LogP contribution < -0.4 is 9.62 Å². The number of aromatic nitrogens is 2. The summed E-state index contributed by atoms with van der Waals surface area (Å²) in [6.07, 6.45) is 6.35. The van der Waals surface area contributed by atoms with Crippen LogP contribution in [0, 0.1) is 5.82 Å². The van der Waals surface area contributed by atoms with Gasteiger partial charge in [-0.25, -0.2) is 22.5 Å². The summed E-state index contributed by atoms with van der Waals surface area (Å²) in [7, 11) is -3.17. The molecule has 0 aliphatic carbocycles. The molecule has 2 N–H and O–H groups in total. The largest absolute Gasteiger partial charge is 0.361 e. The number of rotatable bonds is 4. The van der Waals surface area contributed by atoms with Gasteiger partial charge in [-0.15, -0.1) is 0 Å². The van der Waals surface area contributed by atoms with Gasteiger partial charge < -0.3 is 9.88 Å². The van der Waals surface area contributed by atoms with Gasteiger partial charge in [-0.3, -0.25) is 0 Å². The quantitative estimate of drug-likeness (QED) is 0.720. The number of nitrogens with zero attached hydrogens (tertiary/aromatic N) is 2. The van der Waals surface area contributed by atoms with Crippen LogP contribution in [0.4, 0.5) is 10.2 Å². The van der Waals surface area contributed by atoms with Gasteiger partial charge in [-0.2, -0.15) is 0 Å². The zero-order valence-electron chi connectivity index (χ0n) is 14.9. The van der Waals surface area contributed by atoms with Gasteiger partial charge in [0, 0.05) is 53.6 Å². The van der Waals surface area contributed by atoms with Crippen LogP contribution in [0.3, 0.4) is 0 Å². The van der Waals surface area contributed by atoms with E-state index in [9.17, 15) is 12.8 Å². The molecule has 6 nitrogen and oxygen atoms in total. The van der Waals surface area contributed by atoms with Crippen LogP contribution in [0.15, 0.2) is 42.7 Å². The van der Waals surface area contributed by atoms with Crippen LogP contribution >= 0.6 is 0 Å². The van der Waals surface area contributed by atoms with Gasteiger partial charge in [0.1, 0.15) is 11.6 Å². The van der Waals surface area contributed by atoms with Gasteiger partial charge >= 0.3 is 0 Å². The van der Waals surface area contributed by atoms with Gasteiger partial charge in [0.25, 0.3) is 0 Å². The van der Waals surface area contributed by atoms with Gasteiger partial charge in [0.2, 0.25) is 10.0 Å². The van der Waals surface area contributed by atoms with E-state index in [0.29, 0.717) is 0 Å². The third-order valence-electron chi connectivity index (χ3n) is 4.90. The SMILES string of the molecule is CS(=O)(=O)NC1CCN(c2ccc(-c3c[nH]c4ccc(F)cc34)cn2)CC1. The lowest BCUT2D eigenvalue weighted by Crippen LogP contribution is -2.44. The van der Waals surface area contributed by atoms with Gasteiger partial charge in [-0.1, -0.05) is 0 Å². The minimum Gasteiger partial charge on any atom is -0.361 e. The fraction of sp³-hybridized carbons (Fsp3) is 0.316. The highest BCUT2D eigenvalue weighted by Gasteiger charge is 2.22. The monoisotopic (exact) mass is 388 g/mol. The Morgan fingerprint density at radius 2 is 2.00 bits per heavy atom. The van der Waals surface area contributed by atoms with Crippen LogP contribution in [0.2, 0.25) is 0 Å². The molecule has 0 saturated carbocycles. The lowest BCUT2D eigenvalue weighted by atomic mass is 10.1. The van der Waals surface area contributed by atoms with E-state index in [-0.39, 0.29) is 11.9 Å². The number of aromatic amines is 1. The smallest absolute Gasteiger partial charge is 0.208 e. The molecule has 27 heavy (non-hydrogen) atoms. The fourth-order valence-corrected chi connectivity index (χ4v) is 4.43. The van der Waals surface area contributed by atoms with E-state index in [1.54, 1.807) is 12.3 Å². The van der Waals surface area contributed by atoms with Crippen LogP contribution in [0.25, 0.3) is 22.0 Å². The third-order valence-corrected chi connectivity index (χ3v) is 5.66. The first-order valence-corrected chi connectivity index (χ1v) is 10.7. The molecule has 0 unspecified atom stereocenters. The molecule has 0 atom stereocenters. The highest BCUT2D eigenvalue weighted by atomic mass is 32.2. The van der Waals surface area contributed by atoms with Crippen molar-refractivity contribution < 1.29 is 12.8 Å². The van der Waals surface area contributed by atoms with Crippen molar-refractivity contribution in [2.75, 3.05) is 24.2 Å². The molecule has 1 aliphatic heterocycles.